The summed E-state index contributed by atoms with van der Waals surface area (Å²) in [5.74, 6) is 3.08. The van der Waals surface area contributed by atoms with E-state index in [0.717, 1.165) is 17.3 Å². The summed E-state index contributed by atoms with van der Waals surface area (Å²) in [7, 11) is 0. The molecule has 0 spiro atoms. The summed E-state index contributed by atoms with van der Waals surface area (Å²) in [5.41, 5.74) is 0.644. The summed E-state index contributed by atoms with van der Waals surface area (Å²) in [4.78, 5) is 12.2. The van der Waals surface area contributed by atoms with Crippen LogP contribution in [0.2, 0.25) is 0 Å². The molecule has 3 heteroatoms. The second-order valence-electron chi connectivity index (χ2n) is 5.03. The molecule has 0 saturated heterocycles. The predicted octanol–water partition coefficient (Wildman–Crippen LogP) is 3.76. The Hall–Kier alpha value is -1.27. The van der Waals surface area contributed by atoms with Crippen molar-refractivity contribution in [2.24, 2.45) is 5.92 Å². The molecule has 2 nitrogen and oxygen atoms in total. The van der Waals surface area contributed by atoms with Crippen LogP contribution in [0, 0.1) is 18.3 Å². The van der Waals surface area contributed by atoms with E-state index in [1.54, 1.807) is 6.07 Å². The van der Waals surface area contributed by atoms with Crippen molar-refractivity contribution >= 4 is 21.8 Å². The van der Waals surface area contributed by atoms with Crippen molar-refractivity contribution < 1.29 is 4.79 Å². The fourth-order valence-electron chi connectivity index (χ4n) is 2.62. The van der Waals surface area contributed by atoms with Gasteiger partial charge in [-0.05, 0) is 37.0 Å². The predicted molar refractivity (Wildman–Crippen MR) is 80.8 cm³/mol. The quantitative estimate of drug-likeness (QED) is 0.844. The van der Waals surface area contributed by atoms with E-state index in [4.69, 9.17) is 6.42 Å². The maximum absolute atomic E-state index is 12.2. The van der Waals surface area contributed by atoms with E-state index in [1.165, 1.54) is 19.3 Å². The van der Waals surface area contributed by atoms with E-state index >= 15 is 0 Å². The first kappa shape index (κ1) is 14.1. The van der Waals surface area contributed by atoms with Gasteiger partial charge in [-0.2, -0.15) is 0 Å². The van der Waals surface area contributed by atoms with Gasteiger partial charge in [0.25, 0.3) is 5.91 Å². The number of terminal acetylenes is 1. The lowest BCUT2D eigenvalue weighted by atomic mass is 9.84. The molecule has 0 bridgehead atoms. The van der Waals surface area contributed by atoms with Gasteiger partial charge < -0.3 is 5.32 Å². The van der Waals surface area contributed by atoms with Gasteiger partial charge in [0.1, 0.15) is 0 Å². The summed E-state index contributed by atoms with van der Waals surface area (Å²) >= 11 is 3.37. The lowest BCUT2D eigenvalue weighted by Crippen LogP contribution is -2.40. The molecule has 0 radical (unpaired) electrons. The van der Waals surface area contributed by atoms with Crippen LogP contribution in [0.4, 0.5) is 0 Å². The Balaban J connectivity index is 2.02. The third kappa shape index (κ3) is 3.84. The second-order valence-corrected chi connectivity index (χ2v) is 5.94. The number of hydrogen-bond donors (Lipinski definition) is 1. The number of carbonyl (C=O) groups excluding carboxylic acids is 1. The van der Waals surface area contributed by atoms with E-state index in [0.29, 0.717) is 11.5 Å². The lowest BCUT2D eigenvalue weighted by Gasteiger charge is -2.27. The van der Waals surface area contributed by atoms with Crippen molar-refractivity contribution in [2.75, 3.05) is 0 Å². The summed E-state index contributed by atoms with van der Waals surface area (Å²) in [6.45, 7) is 0. The molecule has 2 rings (SSSR count). The zero-order valence-corrected chi connectivity index (χ0v) is 12.4. The van der Waals surface area contributed by atoms with Gasteiger partial charge in [0.05, 0.1) is 6.04 Å². The number of halogens is 1. The molecule has 0 aromatic heterocycles. The summed E-state index contributed by atoms with van der Waals surface area (Å²) in [6.07, 6.45) is 11.5. The normalized spacial score (nSPS) is 17.5. The van der Waals surface area contributed by atoms with Crippen molar-refractivity contribution in [3.05, 3.63) is 34.3 Å². The highest BCUT2D eigenvalue weighted by atomic mass is 79.9. The van der Waals surface area contributed by atoms with Crippen LogP contribution in [0.3, 0.4) is 0 Å². The Morgan fingerprint density at radius 1 is 1.37 bits per heavy atom. The van der Waals surface area contributed by atoms with Crippen LogP contribution in [0.15, 0.2) is 28.7 Å². The SMILES string of the molecule is C#CC(NC(=O)c1cccc(Br)c1)C1CCCCC1. The molecular weight excluding hydrogens is 302 g/mol. The van der Waals surface area contributed by atoms with Crippen molar-refractivity contribution in [2.45, 2.75) is 38.1 Å². The molecule has 0 aliphatic heterocycles. The molecule has 100 valence electrons. The largest absolute Gasteiger partial charge is 0.338 e. The van der Waals surface area contributed by atoms with E-state index in [9.17, 15) is 4.79 Å². The van der Waals surface area contributed by atoms with Gasteiger partial charge in [-0.25, -0.2) is 0 Å². The molecule has 1 saturated carbocycles. The highest BCUT2D eigenvalue weighted by molar-refractivity contribution is 9.10. The summed E-state index contributed by atoms with van der Waals surface area (Å²) in [6, 6.07) is 7.21. The van der Waals surface area contributed by atoms with Crippen LogP contribution in [0.1, 0.15) is 42.5 Å². The highest BCUT2D eigenvalue weighted by Gasteiger charge is 2.23. The Morgan fingerprint density at radius 2 is 2.11 bits per heavy atom. The van der Waals surface area contributed by atoms with Crippen molar-refractivity contribution in [1.82, 2.24) is 5.32 Å². The van der Waals surface area contributed by atoms with Gasteiger partial charge in [-0.15, -0.1) is 6.42 Å². The maximum Gasteiger partial charge on any atom is 0.252 e. The van der Waals surface area contributed by atoms with E-state index in [-0.39, 0.29) is 11.9 Å². The minimum atomic E-state index is -0.146. The third-order valence-electron chi connectivity index (χ3n) is 3.67. The molecule has 1 atom stereocenters. The van der Waals surface area contributed by atoms with Gasteiger partial charge in [0.15, 0.2) is 0 Å². The number of nitrogens with one attached hydrogen (secondary N) is 1. The van der Waals surface area contributed by atoms with Crippen LogP contribution in [0.5, 0.6) is 0 Å². The monoisotopic (exact) mass is 319 g/mol. The highest BCUT2D eigenvalue weighted by Crippen LogP contribution is 2.26. The minimum Gasteiger partial charge on any atom is -0.338 e. The van der Waals surface area contributed by atoms with E-state index < -0.39 is 0 Å². The molecule has 1 amide bonds. The Bertz CT molecular complexity index is 486. The Morgan fingerprint density at radius 3 is 2.74 bits per heavy atom. The lowest BCUT2D eigenvalue weighted by molar-refractivity contribution is 0.0929. The summed E-state index contributed by atoms with van der Waals surface area (Å²) < 4.78 is 0.898. The average molecular weight is 320 g/mol. The van der Waals surface area contributed by atoms with Crippen molar-refractivity contribution in [1.29, 1.82) is 0 Å². The van der Waals surface area contributed by atoms with Crippen LogP contribution < -0.4 is 5.32 Å². The van der Waals surface area contributed by atoms with Crippen LogP contribution in [0.25, 0.3) is 0 Å². The first-order valence-corrected chi connectivity index (χ1v) is 7.52. The van der Waals surface area contributed by atoms with Crippen LogP contribution >= 0.6 is 15.9 Å². The molecule has 19 heavy (non-hydrogen) atoms. The zero-order chi connectivity index (χ0) is 13.7. The van der Waals surface area contributed by atoms with Gasteiger partial charge in [0, 0.05) is 10.0 Å². The zero-order valence-electron chi connectivity index (χ0n) is 10.9. The number of carbonyl (C=O) groups is 1. The molecule has 1 aliphatic rings. The Labute approximate surface area is 123 Å². The number of amides is 1. The molecule has 1 aromatic rings. The molecular formula is C16H18BrNO. The smallest absolute Gasteiger partial charge is 0.252 e. The standard InChI is InChI=1S/C16H18BrNO/c1-2-15(12-7-4-3-5-8-12)18-16(19)13-9-6-10-14(17)11-13/h1,6,9-12,15H,3-5,7-8H2,(H,18,19). The topological polar surface area (TPSA) is 29.1 Å². The number of benzene rings is 1. The molecule has 0 heterocycles. The van der Waals surface area contributed by atoms with Crippen LogP contribution in [-0.4, -0.2) is 11.9 Å². The Kier molecular flexibility index (Phi) is 5.04. The van der Waals surface area contributed by atoms with Gasteiger partial charge >= 0.3 is 0 Å². The van der Waals surface area contributed by atoms with E-state index in [1.807, 2.05) is 18.2 Å². The summed E-state index contributed by atoms with van der Waals surface area (Å²) in [5, 5.41) is 2.98. The first-order valence-electron chi connectivity index (χ1n) is 6.73. The molecule has 1 aromatic carbocycles. The minimum absolute atomic E-state index is 0.0881. The second kappa shape index (κ2) is 6.77. The first-order chi connectivity index (χ1) is 9.20. The van der Waals surface area contributed by atoms with Gasteiger partial charge in [-0.3, -0.25) is 4.79 Å². The maximum atomic E-state index is 12.2. The number of rotatable bonds is 3. The number of hydrogen-bond acceptors (Lipinski definition) is 1. The van der Waals surface area contributed by atoms with Gasteiger partial charge in [0.2, 0.25) is 0 Å². The molecule has 1 fully saturated rings. The average Bonchev–Trinajstić information content (AvgIpc) is 2.45. The fourth-order valence-corrected chi connectivity index (χ4v) is 3.02. The van der Waals surface area contributed by atoms with E-state index in [2.05, 4.69) is 27.2 Å². The molecule has 1 aliphatic carbocycles. The fraction of sp³-hybridized carbons (Fsp3) is 0.438. The molecule has 1 N–H and O–H groups in total. The van der Waals surface area contributed by atoms with Crippen molar-refractivity contribution in [3.8, 4) is 12.3 Å². The molecule has 1 unspecified atom stereocenters. The van der Waals surface area contributed by atoms with Gasteiger partial charge in [-0.1, -0.05) is 47.2 Å². The van der Waals surface area contributed by atoms with Crippen LogP contribution in [-0.2, 0) is 0 Å². The van der Waals surface area contributed by atoms with Crippen molar-refractivity contribution in [3.63, 3.8) is 0 Å². The third-order valence-corrected chi connectivity index (χ3v) is 4.17.